The standard InChI is InChI=1S/C13H13N3O/c14-11-6-7-12(15-9-11)16-13(17)8-10-4-2-1-3-5-10/h1-7,9H,8,14H2,(H,15,16,17). The smallest absolute Gasteiger partial charge is 0.229 e. The quantitative estimate of drug-likeness (QED) is 0.840. The van der Waals surface area contributed by atoms with Gasteiger partial charge in [0.05, 0.1) is 18.3 Å². The van der Waals surface area contributed by atoms with Gasteiger partial charge in [-0.15, -0.1) is 0 Å². The van der Waals surface area contributed by atoms with Crippen molar-refractivity contribution >= 4 is 17.4 Å². The van der Waals surface area contributed by atoms with Crippen LogP contribution in [-0.4, -0.2) is 10.9 Å². The predicted molar refractivity (Wildman–Crippen MR) is 67.4 cm³/mol. The third-order valence-corrected chi connectivity index (χ3v) is 2.26. The lowest BCUT2D eigenvalue weighted by Crippen LogP contribution is -2.15. The zero-order chi connectivity index (χ0) is 12.1. The van der Waals surface area contributed by atoms with Gasteiger partial charge in [-0.2, -0.15) is 0 Å². The molecule has 0 atom stereocenters. The van der Waals surface area contributed by atoms with E-state index in [9.17, 15) is 4.79 Å². The normalized spacial score (nSPS) is 9.88. The maximum Gasteiger partial charge on any atom is 0.229 e. The summed E-state index contributed by atoms with van der Waals surface area (Å²) in [5.74, 6) is 0.425. The number of anilines is 2. The van der Waals surface area contributed by atoms with Gasteiger partial charge in [-0.1, -0.05) is 30.3 Å². The highest BCUT2D eigenvalue weighted by atomic mass is 16.1. The van der Waals surface area contributed by atoms with Crippen molar-refractivity contribution in [3.63, 3.8) is 0 Å². The molecule has 86 valence electrons. The van der Waals surface area contributed by atoms with Crippen molar-refractivity contribution in [1.29, 1.82) is 0 Å². The van der Waals surface area contributed by atoms with Crippen LogP contribution in [0.1, 0.15) is 5.56 Å². The summed E-state index contributed by atoms with van der Waals surface area (Å²) in [4.78, 5) is 15.7. The number of nitrogens with two attached hydrogens (primary N) is 1. The van der Waals surface area contributed by atoms with Crippen LogP contribution in [0.5, 0.6) is 0 Å². The molecule has 17 heavy (non-hydrogen) atoms. The van der Waals surface area contributed by atoms with Gasteiger partial charge in [-0.05, 0) is 17.7 Å². The molecule has 0 unspecified atom stereocenters. The van der Waals surface area contributed by atoms with Gasteiger partial charge in [0, 0.05) is 0 Å². The summed E-state index contributed by atoms with van der Waals surface area (Å²) in [6.07, 6.45) is 1.85. The maximum atomic E-state index is 11.7. The number of aromatic nitrogens is 1. The second-order valence-corrected chi connectivity index (χ2v) is 3.69. The molecule has 1 amide bonds. The first-order valence-corrected chi connectivity index (χ1v) is 5.29. The molecule has 4 nitrogen and oxygen atoms in total. The van der Waals surface area contributed by atoms with Crippen LogP contribution in [0, 0.1) is 0 Å². The van der Waals surface area contributed by atoms with Crippen molar-refractivity contribution in [2.45, 2.75) is 6.42 Å². The highest BCUT2D eigenvalue weighted by Crippen LogP contribution is 2.07. The zero-order valence-electron chi connectivity index (χ0n) is 9.26. The van der Waals surface area contributed by atoms with E-state index in [1.807, 2.05) is 30.3 Å². The molecule has 2 aromatic rings. The lowest BCUT2D eigenvalue weighted by atomic mass is 10.1. The Hall–Kier alpha value is -2.36. The fraction of sp³-hybridized carbons (Fsp3) is 0.0769. The summed E-state index contributed by atoms with van der Waals surface area (Å²) in [5, 5.41) is 2.71. The number of amides is 1. The van der Waals surface area contributed by atoms with Gasteiger partial charge in [-0.3, -0.25) is 4.79 Å². The van der Waals surface area contributed by atoms with E-state index >= 15 is 0 Å². The van der Waals surface area contributed by atoms with E-state index in [4.69, 9.17) is 5.73 Å². The van der Waals surface area contributed by atoms with Crippen molar-refractivity contribution < 1.29 is 4.79 Å². The van der Waals surface area contributed by atoms with Crippen molar-refractivity contribution in [3.8, 4) is 0 Å². The van der Waals surface area contributed by atoms with Crippen LogP contribution in [0.15, 0.2) is 48.7 Å². The Kier molecular flexibility index (Phi) is 3.35. The summed E-state index contributed by atoms with van der Waals surface area (Å²) in [5.41, 5.74) is 7.05. The molecule has 0 saturated heterocycles. The Balaban J connectivity index is 1.96. The minimum atomic E-state index is -0.0894. The number of nitrogens with zero attached hydrogens (tertiary/aromatic N) is 1. The van der Waals surface area contributed by atoms with Gasteiger partial charge < -0.3 is 11.1 Å². The largest absolute Gasteiger partial charge is 0.397 e. The predicted octanol–water partition coefficient (Wildman–Crippen LogP) is 1.84. The van der Waals surface area contributed by atoms with Crippen LogP contribution in [0.3, 0.4) is 0 Å². The molecule has 0 aliphatic rings. The number of carbonyl (C=O) groups is 1. The number of nitrogen functional groups attached to an aromatic ring is 1. The van der Waals surface area contributed by atoms with E-state index in [2.05, 4.69) is 10.3 Å². The molecule has 0 spiro atoms. The molecule has 0 fully saturated rings. The fourth-order valence-corrected chi connectivity index (χ4v) is 1.45. The second kappa shape index (κ2) is 5.12. The molecule has 2 rings (SSSR count). The molecule has 1 heterocycles. The Morgan fingerprint density at radius 2 is 1.94 bits per heavy atom. The van der Waals surface area contributed by atoms with Gasteiger partial charge >= 0.3 is 0 Å². The zero-order valence-corrected chi connectivity index (χ0v) is 9.26. The molecular weight excluding hydrogens is 214 g/mol. The highest BCUT2D eigenvalue weighted by molar-refractivity contribution is 5.91. The van der Waals surface area contributed by atoms with Gasteiger partial charge in [0.1, 0.15) is 5.82 Å². The van der Waals surface area contributed by atoms with Crippen LogP contribution in [-0.2, 0) is 11.2 Å². The summed E-state index contributed by atoms with van der Waals surface area (Å²) in [6, 6.07) is 12.9. The third-order valence-electron chi connectivity index (χ3n) is 2.26. The van der Waals surface area contributed by atoms with Crippen LogP contribution in [0.25, 0.3) is 0 Å². The Labute approximate surface area is 99.5 Å². The molecule has 0 aliphatic carbocycles. The Morgan fingerprint density at radius 3 is 2.59 bits per heavy atom. The fourth-order valence-electron chi connectivity index (χ4n) is 1.45. The van der Waals surface area contributed by atoms with Gasteiger partial charge in [-0.25, -0.2) is 4.98 Å². The van der Waals surface area contributed by atoms with Crippen molar-refractivity contribution in [2.24, 2.45) is 0 Å². The minimum absolute atomic E-state index is 0.0894. The van der Waals surface area contributed by atoms with Gasteiger partial charge in [0.15, 0.2) is 0 Å². The average molecular weight is 227 g/mol. The molecular formula is C13H13N3O. The number of nitrogens with one attached hydrogen (secondary N) is 1. The molecule has 0 bridgehead atoms. The molecule has 0 radical (unpaired) electrons. The summed E-state index contributed by atoms with van der Waals surface area (Å²) in [6.45, 7) is 0. The van der Waals surface area contributed by atoms with Crippen LogP contribution < -0.4 is 11.1 Å². The number of hydrogen-bond donors (Lipinski definition) is 2. The summed E-state index contributed by atoms with van der Waals surface area (Å²) < 4.78 is 0. The molecule has 0 aliphatic heterocycles. The van der Waals surface area contributed by atoms with E-state index in [-0.39, 0.29) is 5.91 Å². The van der Waals surface area contributed by atoms with Gasteiger partial charge in [0.25, 0.3) is 0 Å². The van der Waals surface area contributed by atoms with E-state index in [0.29, 0.717) is 17.9 Å². The summed E-state index contributed by atoms with van der Waals surface area (Å²) >= 11 is 0. The second-order valence-electron chi connectivity index (χ2n) is 3.69. The Morgan fingerprint density at radius 1 is 1.18 bits per heavy atom. The molecule has 3 N–H and O–H groups in total. The number of pyridine rings is 1. The van der Waals surface area contributed by atoms with Crippen molar-refractivity contribution in [2.75, 3.05) is 11.1 Å². The SMILES string of the molecule is Nc1ccc(NC(=O)Cc2ccccc2)nc1. The first-order chi connectivity index (χ1) is 8.24. The number of benzene rings is 1. The number of carbonyl (C=O) groups excluding carboxylic acids is 1. The first-order valence-electron chi connectivity index (χ1n) is 5.29. The monoisotopic (exact) mass is 227 g/mol. The number of rotatable bonds is 3. The van der Waals surface area contributed by atoms with E-state index < -0.39 is 0 Å². The highest BCUT2D eigenvalue weighted by Gasteiger charge is 2.04. The molecule has 4 heteroatoms. The first kappa shape index (κ1) is 11.1. The topological polar surface area (TPSA) is 68.0 Å². The van der Waals surface area contributed by atoms with Crippen LogP contribution >= 0.6 is 0 Å². The van der Waals surface area contributed by atoms with Crippen molar-refractivity contribution in [3.05, 3.63) is 54.2 Å². The van der Waals surface area contributed by atoms with E-state index in [1.54, 1.807) is 12.1 Å². The van der Waals surface area contributed by atoms with Crippen LogP contribution in [0.2, 0.25) is 0 Å². The number of hydrogen-bond acceptors (Lipinski definition) is 3. The van der Waals surface area contributed by atoms with Crippen molar-refractivity contribution in [1.82, 2.24) is 4.98 Å². The van der Waals surface area contributed by atoms with Gasteiger partial charge in [0.2, 0.25) is 5.91 Å². The summed E-state index contributed by atoms with van der Waals surface area (Å²) in [7, 11) is 0. The molecule has 1 aromatic heterocycles. The molecule has 0 saturated carbocycles. The lowest BCUT2D eigenvalue weighted by molar-refractivity contribution is -0.115. The third kappa shape index (κ3) is 3.31. The van der Waals surface area contributed by atoms with E-state index in [0.717, 1.165) is 5.56 Å². The van der Waals surface area contributed by atoms with Crippen LogP contribution in [0.4, 0.5) is 11.5 Å². The minimum Gasteiger partial charge on any atom is -0.397 e. The maximum absolute atomic E-state index is 11.7. The lowest BCUT2D eigenvalue weighted by Gasteiger charge is -2.04. The molecule has 1 aromatic carbocycles. The average Bonchev–Trinajstić information content (AvgIpc) is 2.33. The Bertz CT molecular complexity index is 494. The van der Waals surface area contributed by atoms with E-state index in [1.165, 1.54) is 6.20 Å².